The van der Waals surface area contributed by atoms with Gasteiger partial charge in [-0.05, 0) is 26.3 Å². The first-order valence-electron chi connectivity index (χ1n) is 8.82. The molecule has 4 atom stereocenters. The Morgan fingerprint density at radius 2 is 2.08 bits per heavy atom. The summed E-state index contributed by atoms with van der Waals surface area (Å²) in [5.74, 6) is -1.36. The Bertz CT molecular complexity index is 739. The van der Waals surface area contributed by atoms with Crippen LogP contribution in [-0.4, -0.2) is 41.1 Å². The van der Waals surface area contributed by atoms with Crippen LogP contribution in [0, 0.1) is 18.8 Å². The van der Waals surface area contributed by atoms with Crippen LogP contribution in [-0.2, 0) is 25.6 Å². The lowest BCUT2D eigenvalue weighted by Gasteiger charge is -2.23. The van der Waals surface area contributed by atoms with Crippen molar-refractivity contribution in [3.63, 3.8) is 0 Å². The van der Waals surface area contributed by atoms with E-state index in [-0.39, 0.29) is 24.1 Å². The molecule has 0 saturated carbocycles. The summed E-state index contributed by atoms with van der Waals surface area (Å²) in [5, 5.41) is 0. The third-order valence-electron chi connectivity index (χ3n) is 5.30. The number of aryl methyl sites for hydroxylation is 1. The summed E-state index contributed by atoms with van der Waals surface area (Å²) < 4.78 is 11.5. The maximum atomic E-state index is 13.0. The van der Waals surface area contributed by atoms with Crippen molar-refractivity contribution in [2.24, 2.45) is 11.8 Å². The van der Waals surface area contributed by atoms with Gasteiger partial charge in [-0.25, -0.2) is 0 Å². The molecule has 0 aromatic heterocycles. The summed E-state index contributed by atoms with van der Waals surface area (Å²) in [6, 6.07) is 8.15. The number of nitrogens with zero attached hydrogens (tertiary/aromatic N) is 1. The van der Waals surface area contributed by atoms with Crippen molar-refractivity contribution in [2.75, 3.05) is 6.54 Å². The normalized spacial score (nSPS) is 32.6. The SMILES string of the molecule is Cc1ccc(CN2CC34C=C[C@@H](O3)[C@H](C(=O)OC(C)C)[C@@H]4C2=O)cc1. The minimum absolute atomic E-state index is 0.0156. The molecule has 1 aromatic rings. The molecule has 2 saturated heterocycles. The molecule has 3 heterocycles. The van der Waals surface area contributed by atoms with E-state index in [0.717, 1.165) is 5.56 Å². The summed E-state index contributed by atoms with van der Waals surface area (Å²) in [4.78, 5) is 27.4. The van der Waals surface area contributed by atoms with E-state index in [2.05, 4.69) is 0 Å². The molecule has 1 unspecified atom stereocenters. The van der Waals surface area contributed by atoms with Crippen LogP contribution in [0.4, 0.5) is 0 Å². The topological polar surface area (TPSA) is 55.8 Å². The maximum absolute atomic E-state index is 13.0. The van der Waals surface area contributed by atoms with E-state index in [0.29, 0.717) is 13.1 Å². The number of carbonyl (C=O) groups excluding carboxylic acids is 2. The Labute approximate surface area is 147 Å². The van der Waals surface area contributed by atoms with E-state index in [9.17, 15) is 9.59 Å². The van der Waals surface area contributed by atoms with Gasteiger partial charge in [0, 0.05) is 6.54 Å². The monoisotopic (exact) mass is 341 g/mol. The molecule has 1 spiro atoms. The number of amides is 1. The first-order chi connectivity index (χ1) is 11.9. The Balaban J connectivity index is 1.57. The van der Waals surface area contributed by atoms with Gasteiger partial charge < -0.3 is 14.4 Å². The van der Waals surface area contributed by atoms with Gasteiger partial charge in [0.25, 0.3) is 0 Å². The second-order valence-electron chi connectivity index (χ2n) is 7.57. The van der Waals surface area contributed by atoms with Gasteiger partial charge in [-0.1, -0.05) is 42.0 Å². The van der Waals surface area contributed by atoms with Crippen LogP contribution in [0.15, 0.2) is 36.4 Å². The predicted molar refractivity (Wildman–Crippen MR) is 91.5 cm³/mol. The largest absolute Gasteiger partial charge is 0.463 e. The third-order valence-corrected chi connectivity index (χ3v) is 5.30. The van der Waals surface area contributed by atoms with Gasteiger partial charge in [0.15, 0.2) is 0 Å². The van der Waals surface area contributed by atoms with Crippen molar-refractivity contribution in [2.45, 2.75) is 45.1 Å². The fraction of sp³-hybridized carbons (Fsp3) is 0.500. The number of hydrogen-bond acceptors (Lipinski definition) is 4. The zero-order chi connectivity index (χ0) is 17.8. The highest BCUT2D eigenvalue weighted by atomic mass is 16.6. The van der Waals surface area contributed by atoms with Gasteiger partial charge in [0.1, 0.15) is 11.5 Å². The van der Waals surface area contributed by atoms with Crippen molar-refractivity contribution in [3.05, 3.63) is 47.5 Å². The zero-order valence-electron chi connectivity index (χ0n) is 14.8. The van der Waals surface area contributed by atoms with Gasteiger partial charge in [0.2, 0.25) is 5.91 Å². The number of hydrogen-bond donors (Lipinski definition) is 0. The van der Waals surface area contributed by atoms with Crippen molar-refractivity contribution in [1.82, 2.24) is 4.90 Å². The van der Waals surface area contributed by atoms with Crippen LogP contribution in [0.2, 0.25) is 0 Å². The highest BCUT2D eigenvalue weighted by molar-refractivity contribution is 5.91. The van der Waals surface area contributed by atoms with Crippen LogP contribution in [0.5, 0.6) is 0 Å². The minimum Gasteiger partial charge on any atom is -0.463 e. The van der Waals surface area contributed by atoms with Crippen molar-refractivity contribution >= 4 is 11.9 Å². The molecule has 1 amide bonds. The van der Waals surface area contributed by atoms with Crippen molar-refractivity contribution in [3.8, 4) is 0 Å². The second kappa shape index (κ2) is 5.70. The number of likely N-dealkylation sites (tertiary alicyclic amines) is 1. The second-order valence-corrected chi connectivity index (χ2v) is 7.57. The number of carbonyl (C=O) groups is 2. The van der Waals surface area contributed by atoms with Crippen LogP contribution in [0.3, 0.4) is 0 Å². The molecule has 3 aliphatic rings. The summed E-state index contributed by atoms with van der Waals surface area (Å²) in [6.45, 7) is 6.69. The molecular formula is C20H23NO4. The molecule has 1 aromatic carbocycles. The van der Waals surface area contributed by atoms with Crippen LogP contribution >= 0.6 is 0 Å². The molecule has 5 nitrogen and oxygen atoms in total. The lowest BCUT2D eigenvalue weighted by atomic mass is 9.77. The van der Waals surface area contributed by atoms with Gasteiger partial charge in [0.05, 0.1) is 24.7 Å². The number of rotatable bonds is 4. The van der Waals surface area contributed by atoms with Gasteiger partial charge in [-0.15, -0.1) is 0 Å². The first-order valence-corrected chi connectivity index (χ1v) is 8.82. The smallest absolute Gasteiger partial charge is 0.313 e. The van der Waals surface area contributed by atoms with E-state index in [4.69, 9.17) is 9.47 Å². The molecule has 4 rings (SSSR count). The van der Waals surface area contributed by atoms with Gasteiger partial charge in [-0.3, -0.25) is 9.59 Å². The Morgan fingerprint density at radius 1 is 1.36 bits per heavy atom. The molecule has 2 fully saturated rings. The van der Waals surface area contributed by atoms with Crippen LogP contribution in [0.25, 0.3) is 0 Å². The zero-order valence-corrected chi connectivity index (χ0v) is 14.8. The standard InChI is InChI=1S/C20H23NO4/c1-12(2)24-19(23)16-15-8-9-20(25-15)11-21(18(22)17(16)20)10-14-6-4-13(3)5-7-14/h4-9,12,15-17H,10-11H2,1-3H3/t15-,16+,17-,20?/m1/s1. The highest BCUT2D eigenvalue weighted by Crippen LogP contribution is 2.52. The number of benzene rings is 1. The summed E-state index contributed by atoms with van der Waals surface area (Å²) in [5.41, 5.74) is 1.59. The Morgan fingerprint density at radius 3 is 2.76 bits per heavy atom. The van der Waals surface area contributed by atoms with E-state index in [1.54, 1.807) is 4.90 Å². The van der Waals surface area contributed by atoms with Crippen LogP contribution < -0.4 is 0 Å². The van der Waals surface area contributed by atoms with E-state index >= 15 is 0 Å². The molecule has 0 aliphatic carbocycles. The molecule has 132 valence electrons. The third kappa shape index (κ3) is 2.58. The maximum Gasteiger partial charge on any atom is 0.313 e. The van der Waals surface area contributed by atoms with Gasteiger partial charge in [-0.2, -0.15) is 0 Å². The van der Waals surface area contributed by atoms with E-state index in [1.165, 1.54) is 5.56 Å². The lowest BCUT2D eigenvalue weighted by Crippen LogP contribution is -2.40. The molecule has 25 heavy (non-hydrogen) atoms. The van der Waals surface area contributed by atoms with E-state index in [1.807, 2.05) is 57.2 Å². The number of fused-ring (bicyclic) bond motifs is 1. The first kappa shape index (κ1) is 16.3. The summed E-state index contributed by atoms with van der Waals surface area (Å²) in [7, 11) is 0. The van der Waals surface area contributed by atoms with Crippen molar-refractivity contribution in [1.29, 1.82) is 0 Å². The van der Waals surface area contributed by atoms with Crippen LogP contribution in [0.1, 0.15) is 25.0 Å². The lowest BCUT2D eigenvalue weighted by molar-refractivity contribution is -0.157. The van der Waals surface area contributed by atoms with Gasteiger partial charge >= 0.3 is 5.97 Å². The molecule has 2 bridgehead atoms. The summed E-state index contributed by atoms with van der Waals surface area (Å²) in [6.07, 6.45) is 3.33. The van der Waals surface area contributed by atoms with Crippen molar-refractivity contribution < 1.29 is 19.1 Å². The highest BCUT2D eigenvalue weighted by Gasteiger charge is 2.67. The molecule has 3 aliphatic heterocycles. The number of ether oxygens (including phenoxy) is 2. The molecule has 0 N–H and O–H groups in total. The molecule has 0 radical (unpaired) electrons. The fourth-order valence-electron chi connectivity index (χ4n) is 4.21. The molecular weight excluding hydrogens is 318 g/mol. The Kier molecular flexibility index (Phi) is 3.72. The fourth-order valence-corrected chi connectivity index (χ4v) is 4.21. The predicted octanol–water partition coefficient (Wildman–Crippen LogP) is 2.23. The number of esters is 1. The average Bonchev–Trinajstić information content (AvgIpc) is 3.18. The van der Waals surface area contributed by atoms with E-state index < -0.39 is 17.4 Å². The Hall–Kier alpha value is -2.14. The minimum atomic E-state index is -0.673. The average molecular weight is 341 g/mol. The summed E-state index contributed by atoms with van der Waals surface area (Å²) >= 11 is 0. The molecule has 5 heteroatoms. The quantitative estimate of drug-likeness (QED) is 0.622.